The van der Waals surface area contributed by atoms with E-state index in [1.807, 2.05) is 44.4 Å². The van der Waals surface area contributed by atoms with Crippen LogP contribution in [0.5, 0.6) is 0 Å². The molecule has 0 aromatic heterocycles. The minimum atomic E-state index is -0.105. The molecule has 0 bridgehead atoms. The minimum Gasteiger partial charge on any atom is -0.399 e. The number of carbonyl (C=O) groups excluding carboxylic acids is 1. The lowest BCUT2D eigenvalue weighted by Crippen LogP contribution is -2.42. The maximum absolute atomic E-state index is 12.7. The van der Waals surface area contributed by atoms with Gasteiger partial charge in [-0.25, -0.2) is 4.31 Å². The van der Waals surface area contributed by atoms with E-state index in [2.05, 4.69) is 4.90 Å². The van der Waals surface area contributed by atoms with E-state index in [0.29, 0.717) is 54.3 Å². The molecule has 2 N–H and O–H groups in total. The smallest absolute Gasteiger partial charge is 0.255 e. The Hall–Kier alpha value is -1.84. The van der Waals surface area contributed by atoms with Gasteiger partial charge in [0.25, 0.3) is 5.91 Å². The molecule has 2 saturated heterocycles. The lowest BCUT2D eigenvalue weighted by atomic mass is 10.1. The van der Waals surface area contributed by atoms with Crippen LogP contribution in [0.15, 0.2) is 48.5 Å². The zero-order valence-electron chi connectivity index (χ0n) is 18.4. The first-order chi connectivity index (χ1) is 15.4. The Labute approximate surface area is 198 Å². The fraction of sp³-hybridized carbons (Fsp3) is 0.435. The monoisotopic (exact) mass is 480 g/mol. The molecule has 0 radical (unpaired) electrons. The molecular weight excluding hydrogens is 451 g/mol. The Bertz CT molecular complexity index is 890. The highest BCUT2D eigenvalue weighted by molar-refractivity contribution is 7.91. The Balaban J connectivity index is 0.000000243. The van der Waals surface area contributed by atoms with Crippen LogP contribution in [0.25, 0.3) is 0 Å². The normalized spacial score (nSPS) is 21.3. The van der Waals surface area contributed by atoms with E-state index in [0.717, 1.165) is 25.1 Å². The van der Waals surface area contributed by atoms with E-state index >= 15 is 0 Å². The van der Waals surface area contributed by atoms with Gasteiger partial charge in [-0.15, -0.1) is 3.89 Å². The van der Waals surface area contributed by atoms with Gasteiger partial charge in [-0.2, -0.15) is 0 Å². The zero-order valence-corrected chi connectivity index (χ0v) is 20.0. The summed E-state index contributed by atoms with van der Waals surface area (Å²) >= 11 is 6.50. The third-order valence-corrected chi connectivity index (χ3v) is 6.54. The number of benzene rings is 2. The van der Waals surface area contributed by atoms with E-state index < -0.39 is 0 Å². The standard InChI is InChI=1S/C17H17ClN2O2.C6H13FN2S/c18-15-10-13(19)6-7-14(15)17(21)20-8-9-22-16(11-20)12-4-2-1-3-5-12;1-8(2)6-3-4-9(5-6)10-7/h1-7,10,16H,8-9,11,19H2;6H,3-5H2,1-2H3. The summed E-state index contributed by atoms with van der Waals surface area (Å²) < 4.78 is 19.5. The topological polar surface area (TPSA) is 62.0 Å². The number of hydrogen-bond donors (Lipinski definition) is 1. The number of ether oxygens (including phenoxy) is 1. The molecule has 2 aromatic carbocycles. The maximum Gasteiger partial charge on any atom is 0.255 e. The average Bonchev–Trinajstić information content (AvgIpc) is 3.30. The van der Waals surface area contributed by atoms with Crippen LogP contribution in [-0.4, -0.2) is 72.9 Å². The summed E-state index contributed by atoms with van der Waals surface area (Å²) in [5.41, 5.74) is 7.77. The largest absolute Gasteiger partial charge is 0.399 e. The van der Waals surface area contributed by atoms with Crippen molar-refractivity contribution in [3.05, 3.63) is 64.7 Å². The van der Waals surface area contributed by atoms with Gasteiger partial charge in [0.1, 0.15) is 18.4 Å². The molecule has 1 amide bonds. The van der Waals surface area contributed by atoms with Crippen molar-refractivity contribution in [1.82, 2.24) is 14.1 Å². The molecule has 2 heterocycles. The van der Waals surface area contributed by atoms with Crippen LogP contribution in [0, 0.1) is 0 Å². The molecule has 32 heavy (non-hydrogen) atoms. The second-order valence-electron chi connectivity index (χ2n) is 8.12. The van der Waals surface area contributed by atoms with Crippen molar-refractivity contribution in [2.75, 3.05) is 52.6 Å². The Morgan fingerprint density at radius 2 is 1.94 bits per heavy atom. The van der Waals surface area contributed by atoms with Gasteiger partial charge in [-0.1, -0.05) is 41.9 Å². The summed E-state index contributed by atoms with van der Waals surface area (Å²) in [6.07, 6.45) is 0.982. The van der Waals surface area contributed by atoms with Gasteiger partial charge in [-0.3, -0.25) is 4.79 Å². The Kier molecular flexibility index (Phi) is 9.19. The van der Waals surface area contributed by atoms with Crippen molar-refractivity contribution in [2.45, 2.75) is 18.6 Å². The maximum atomic E-state index is 12.7. The van der Waals surface area contributed by atoms with Crippen LogP contribution in [0.2, 0.25) is 5.02 Å². The van der Waals surface area contributed by atoms with Crippen molar-refractivity contribution in [2.24, 2.45) is 0 Å². The molecule has 0 saturated carbocycles. The second-order valence-corrected chi connectivity index (χ2v) is 9.19. The average molecular weight is 481 g/mol. The SMILES string of the molecule is CN(C)C1CCN(SF)C1.Nc1ccc(C(=O)N2CCOC(c3ccccc3)C2)c(Cl)c1. The van der Waals surface area contributed by atoms with Gasteiger partial charge in [0.05, 0.1) is 23.7 Å². The van der Waals surface area contributed by atoms with Crippen LogP contribution in [0.4, 0.5) is 9.57 Å². The van der Waals surface area contributed by atoms with Gasteiger partial charge < -0.3 is 20.3 Å². The molecule has 2 aliphatic rings. The first-order valence-corrected chi connectivity index (χ1v) is 11.6. The van der Waals surface area contributed by atoms with E-state index in [1.165, 1.54) is 0 Å². The Morgan fingerprint density at radius 3 is 2.53 bits per heavy atom. The number of amides is 1. The van der Waals surface area contributed by atoms with Crippen molar-refractivity contribution in [3.8, 4) is 0 Å². The summed E-state index contributed by atoms with van der Waals surface area (Å²) in [7, 11) is 4.08. The molecule has 2 atom stereocenters. The Morgan fingerprint density at radius 1 is 1.19 bits per heavy atom. The molecule has 174 valence electrons. The zero-order chi connectivity index (χ0) is 23.1. The highest BCUT2D eigenvalue weighted by Crippen LogP contribution is 2.26. The van der Waals surface area contributed by atoms with Crippen molar-refractivity contribution in [1.29, 1.82) is 0 Å². The first-order valence-electron chi connectivity index (χ1n) is 10.6. The van der Waals surface area contributed by atoms with Crippen molar-refractivity contribution in [3.63, 3.8) is 0 Å². The fourth-order valence-electron chi connectivity index (χ4n) is 3.77. The van der Waals surface area contributed by atoms with Gasteiger partial charge in [0, 0.05) is 31.4 Å². The molecule has 0 spiro atoms. The molecule has 2 aromatic rings. The highest BCUT2D eigenvalue weighted by Gasteiger charge is 2.27. The number of halogens is 2. The van der Waals surface area contributed by atoms with Gasteiger partial charge in [0.15, 0.2) is 0 Å². The highest BCUT2D eigenvalue weighted by atomic mass is 35.5. The van der Waals surface area contributed by atoms with Crippen LogP contribution < -0.4 is 5.73 Å². The van der Waals surface area contributed by atoms with E-state index in [-0.39, 0.29) is 12.0 Å². The van der Waals surface area contributed by atoms with Gasteiger partial charge >= 0.3 is 0 Å². The number of nitrogens with two attached hydrogens (primary N) is 1. The second kappa shape index (κ2) is 11.9. The predicted octanol–water partition coefficient (Wildman–Crippen LogP) is 4.29. The van der Waals surface area contributed by atoms with Gasteiger partial charge in [0.2, 0.25) is 0 Å². The number of carbonyl (C=O) groups is 1. The molecule has 0 aliphatic carbocycles. The molecule has 9 heteroatoms. The fourth-order valence-corrected chi connectivity index (χ4v) is 4.45. The molecular formula is C23H30ClFN4O2S. The number of hydrogen-bond acceptors (Lipinski definition) is 6. The molecule has 4 rings (SSSR count). The van der Waals surface area contributed by atoms with Crippen LogP contribution in [-0.2, 0) is 4.74 Å². The summed E-state index contributed by atoms with van der Waals surface area (Å²) in [6.45, 7) is 3.32. The number of likely N-dealkylation sites (N-methyl/N-ethyl adjacent to an activating group) is 1. The summed E-state index contributed by atoms with van der Waals surface area (Å²) in [5, 5.41) is 0.382. The number of anilines is 1. The van der Waals surface area contributed by atoms with E-state index in [4.69, 9.17) is 22.1 Å². The lowest BCUT2D eigenvalue weighted by molar-refractivity contribution is -0.0228. The van der Waals surface area contributed by atoms with E-state index in [9.17, 15) is 8.68 Å². The quantitative estimate of drug-likeness (QED) is 0.520. The van der Waals surface area contributed by atoms with Crippen LogP contribution >= 0.6 is 23.9 Å². The number of nitrogens with zero attached hydrogens (tertiary/aromatic N) is 3. The summed E-state index contributed by atoms with van der Waals surface area (Å²) in [4.78, 5) is 16.6. The third-order valence-electron chi connectivity index (χ3n) is 5.70. The molecule has 6 nitrogen and oxygen atoms in total. The van der Waals surface area contributed by atoms with Crippen LogP contribution in [0.1, 0.15) is 28.4 Å². The predicted molar refractivity (Wildman–Crippen MR) is 129 cm³/mol. The first kappa shape index (κ1) is 24.8. The van der Waals surface area contributed by atoms with Crippen molar-refractivity contribution < 1.29 is 13.4 Å². The molecule has 2 fully saturated rings. The number of nitrogen functional groups attached to an aromatic ring is 1. The number of rotatable bonds is 4. The lowest BCUT2D eigenvalue weighted by Gasteiger charge is -2.33. The third kappa shape index (κ3) is 6.59. The molecule has 2 aliphatic heterocycles. The summed E-state index contributed by atoms with van der Waals surface area (Å²) in [6, 6.07) is 15.4. The minimum absolute atomic E-state index is 0.0887. The van der Waals surface area contributed by atoms with Crippen molar-refractivity contribution >= 4 is 35.5 Å². The van der Waals surface area contributed by atoms with Crippen LogP contribution in [0.3, 0.4) is 0 Å². The number of morpholine rings is 1. The molecule has 2 unspecified atom stereocenters. The van der Waals surface area contributed by atoms with E-state index in [1.54, 1.807) is 27.4 Å². The summed E-state index contributed by atoms with van der Waals surface area (Å²) in [5.74, 6) is -0.0887. The van der Waals surface area contributed by atoms with Gasteiger partial charge in [-0.05, 0) is 44.3 Å².